The van der Waals surface area contributed by atoms with E-state index < -0.39 is 0 Å². The highest BCUT2D eigenvalue weighted by Gasteiger charge is 2.17. The molecule has 0 saturated heterocycles. The van der Waals surface area contributed by atoms with Crippen LogP contribution in [-0.4, -0.2) is 30.5 Å². The monoisotopic (exact) mass is 217 g/mol. The van der Waals surface area contributed by atoms with E-state index in [9.17, 15) is 4.79 Å². The van der Waals surface area contributed by atoms with Crippen molar-refractivity contribution in [2.75, 3.05) is 19.7 Å². The van der Waals surface area contributed by atoms with Gasteiger partial charge in [0.15, 0.2) is 0 Å². The van der Waals surface area contributed by atoms with Crippen molar-refractivity contribution in [1.29, 1.82) is 0 Å². The number of halogens is 1. The van der Waals surface area contributed by atoms with E-state index in [4.69, 9.17) is 16.3 Å². The van der Waals surface area contributed by atoms with Crippen LogP contribution in [0.3, 0.4) is 0 Å². The van der Waals surface area contributed by atoms with Gasteiger partial charge in [0.05, 0.1) is 0 Å². The lowest BCUT2D eigenvalue weighted by Gasteiger charge is -2.26. The molecule has 0 N–H and O–H groups in total. The summed E-state index contributed by atoms with van der Waals surface area (Å²) >= 11 is 5.53. The Bertz CT molecular complexity index is 228. The average molecular weight is 218 g/mol. The van der Waals surface area contributed by atoms with Crippen LogP contribution in [0.2, 0.25) is 0 Å². The molecule has 80 valence electrons. The van der Waals surface area contributed by atoms with Gasteiger partial charge in [0.1, 0.15) is 12.6 Å². The van der Waals surface area contributed by atoms with Crippen LogP contribution in [0.1, 0.15) is 25.7 Å². The number of nitrogens with zero attached hydrogens (tertiary/aromatic N) is 1. The molecule has 0 atom stereocenters. The Labute approximate surface area is 89.7 Å². The minimum absolute atomic E-state index is 0.0146. The molecule has 3 nitrogen and oxygen atoms in total. The van der Waals surface area contributed by atoms with E-state index in [1.54, 1.807) is 12.0 Å². The minimum atomic E-state index is -0.0818. The average Bonchev–Trinajstić information content (AvgIpc) is 2.26. The number of carbonyl (C=O) groups excluding carboxylic acids is 1. The smallest absolute Gasteiger partial charge is 0.243 e. The molecule has 0 radical (unpaired) electrons. The van der Waals surface area contributed by atoms with Gasteiger partial charge in [-0.1, -0.05) is 6.08 Å². The Morgan fingerprint density at radius 1 is 1.64 bits per heavy atom. The van der Waals surface area contributed by atoms with E-state index in [1.807, 2.05) is 0 Å². The van der Waals surface area contributed by atoms with Crippen molar-refractivity contribution in [2.45, 2.75) is 25.7 Å². The third-order valence-corrected chi connectivity index (χ3v) is 2.52. The predicted octanol–water partition coefficient (Wildman–Crippen LogP) is 2.12. The Balaban J connectivity index is 2.65. The van der Waals surface area contributed by atoms with E-state index in [2.05, 4.69) is 6.08 Å². The Morgan fingerprint density at radius 2 is 2.43 bits per heavy atom. The summed E-state index contributed by atoms with van der Waals surface area (Å²) in [6.07, 6.45) is 6.45. The van der Waals surface area contributed by atoms with Gasteiger partial charge >= 0.3 is 0 Å². The summed E-state index contributed by atoms with van der Waals surface area (Å²) in [5, 5.41) is 0. The van der Waals surface area contributed by atoms with Crippen molar-refractivity contribution in [3.63, 3.8) is 0 Å². The van der Waals surface area contributed by atoms with Crippen LogP contribution in [0.15, 0.2) is 11.8 Å². The molecule has 14 heavy (non-hydrogen) atoms. The molecular formula is C10H16ClNO2. The molecule has 0 aromatic carbocycles. The number of hydrogen-bond acceptors (Lipinski definition) is 2. The van der Waals surface area contributed by atoms with Gasteiger partial charge in [0.25, 0.3) is 0 Å². The first kappa shape index (κ1) is 11.5. The molecular weight excluding hydrogens is 202 g/mol. The molecule has 0 bridgehead atoms. The first-order valence-corrected chi connectivity index (χ1v) is 5.37. The van der Waals surface area contributed by atoms with Crippen LogP contribution < -0.4 is 0 Å². The second kappa shape index (κ2) is 6.04. The zero-order chi connectivity index (χ0) is 10.4. The largest absolute Gasteiger partial charge is 0.364 e. The summed E-state index contributed by atoms with van der Waals surface area (Å²) < 4.78 is 4.99. The molecule has 1 rings (SSSR count). The van der Waals surface area contributed by atoms with E-state index in [-0.39, 0.29) is 11.8 Å². The molecule has 0 spiro atoms. The van der Waals surface area contributed by atoms with Gasteiger partial charge in [0, 0.05) is 12.8 Å². The quantitative estimate of drug-likeness (QED) is 0.533. The van der Waals surface area contributed by atoms with Gasteiger partial charge in [0.2, 0.25) is 5.91 Å². The Morgan fingerprint density at radius 3 is 2.93 bits per heavy atom. The predicted molar refractivity (Wildman–Crippen MR) is 56.0 cm³/mol. The topological polar surface area (TPSA) is 29.5 Å². The summed E-state index contributed by atoms with van der Waals surface area (Å²) in [6, 6.07) is 0. The number of ether oxygens (including phenoxy) is 1. The number of carbonyl (C=O) groups is 1. The van der Waals surface area contributed by atoms with E-state index >= 15 is 0 Å². The van der Waals surface area contributed by atoms with Crippen LogP contribution in [0.5, 0.6) is 0 Å². The molecule has 4 heteroatoms. The summed E-state index contributed by atoms with van der Waals surface area (Å²) in [7, 11) is 1.58. The summed E-state index contributed by atoms with van der Waals surface area (Å²) in [4.78, 5) is 13.1. The maximum absolute atomic E-state index is 11.5. The second-order valence-electron chi connectivity index (χ2n) is 3.31. The molecule has 1 amide bonds. The molecule has 0 fully saturated rings. The number of methoxy groups -OCH3 is 1. The second-order valence-corrected chi connectivity index (χ2v) is 3.58. The lowest BCUT2D eigenvalue weighted by Crippen LogP contribution is -2.33. The number of hydrogen-bond donors (Lipinski definition) is 0. The van der Waals surface area contributed by atoms with Crippen molar-refractivity contribution >= 4 is 17.5 Å². The van der Waals surface area contributed by atoms with Crippen LogP contribution in [0.4, 0.5) is 0 Å². The normalized spacial score (nSPS) is 16.3. The molecule has 0 unspecified atom stereocenters. The number of amides is 1. The van der Waals surface area contributed by atoms with Crippen LogP contribution in [0, 0.1) is 0 Å². The lowest BCUT2D eigenvalue weighted by molar-refractivity contribution is -0.130. The van der Waals surface area contributed by atoms with Crippen LogP contribution >= 0.6 is 11.6 Å². The van der Waals surface area contributed by atoms with Crippen molar-refractivity contribution < 1.29 is 9.53 Å². The molecule has 0 heterocycles. The van der Waals surface area contributed by atoms with Gasteiger partial charge in [-0.15, -0.1) is 11.6 Å². The zero-order valence-electron chi connectivity index (χ0n) is 8.46. The Kier molecular flexibility index (Phi) is 4.98. The lowest BCUT2D eigenvalue weighted by atomic mass is 10.0. The van der Waals surface area contributed by atoms with Gasteiger partial charge in [-0.05, 0) is 25.7 Å². The SMILES string of the molecule is COCN(C(=O)CCl)C1=CCCCC1. The van der Waals surface area contributed by atoms with Crippen molar-refractivity contribution in [3.8, 4) is 0 Å². The molecule has 0 aromatic rings. The van der Waals surface area contributed by atoms with Gasteiger partial charge in [-0.25, -0.2) is 0 Å². The van der Waals surface area contributed by atoms with E-state index in [0.29, 0.717) is 6.73 Å². The Hall–Kier alpha value is -0.540. The third kappa shape index (κ3) is 3.00. The van der Waals surface area contributed by atoms with Gasteiger partial charge in [-0.3, -0.25) is 9.69 Å². The maximum Gasteiger partial charge on any atom is 0.243 e. The summed E-state index contributed by atoms with van der Waals surface area (Å²) in [5.74, 6) is -0.0672. The van der Waals surface area contributed by atoms with E-state index in [0.717, 1.165) is 25.0 Å². The molecule has 1 aliphatic carbocycles. The van der Waals surface area contributed by atoms with Crippen LogP contribution in [-0.2, 0) is 9.53 Å². The van der Waals surface area contributed by atoms with Crippen molar-refractivity contribution in [1.82, 2.24) is 4.90 Å². The fourth-order valence-corrected chi connectivity index (χ4v) is 1.73. The van der Waals surface area contributed by atoms with Gasteiger partial charge in [-0.2, -0.15) is 0 Å². The minimum Gasteiger partial charge on any atom is -0.364 e. The number of rotatable bonds is 4. The molecule has 0 saturated carbocycles. The fourth-order valence-electron chi connectivity index (χ4n) is 1.58. The summed E-state index contributed by atoms with van der Waals surface area (Å²) in [5.41, 5.74) is 1.06. The maximum atomic E-state index is 11.5. The van der Waals surface area contributed by atoms with Crippen LogP contribution in [0.25, 0.3) is 0 Å². The van der Waals surface area contributed by atoms with Crippen molar-refractivity contribution in [3.05, 3.63) is 11.8 Å². The highest BCUT2D eigenvalue weighted by molar-refractivity contribution is 6.27. The van der Waals surface area contributed by atoms with Crippen molar-refractivity contribution in [2.24, 2.45) is 0 Å². The van der Waals surface area contributed by atoms with E-state index in [1.165, 1.54) is 6.42 Å². The summed E-state index contributed by atoms with van der Waals surface area (Å²) in [6.45, 7) is 0.303. The zero-order valence-corrected chi connectivity index (χ0v) is 9.22. The molecule has 0 aliphatic heterocycles. The molecule has 1 aliphatic rings. The third-order valence-electron chi connectivity index (χ3n) is 2.29. The highest BCUT2D eigenvalue weighted by Crippen LogP contribution is 2.21. The fraction of sp³-hybridized carbons (Fsp3) is 0.700. The molecule has 0 aromatic heterocycles. The standard InChI is InChI=1S/C10H16ClNO2/c1-14-8-12(10(13)7-11)9-5-3-2-4-6-9/h5H,2-4,6-8H2,1H3. The number of allylic oxidation sites excluding steroid dienone is 2. The first-order chi connectivity index (χ1) is 6.79. The first-order valence-electron chi connectivity index (χ1n) is 4.84. The van der Waals surface area contributed by atoms with Gasteiger partial charge < -0.3 is 4.74 Å². The highest BCUT2D eigenvalue weighted by atomic mass is 35.5. The number of alkyl halides is 1.